The number of anilines is 1. The summed E-state index contributed by atoms with van der Waals surface area (Å²) in [5.41, 5.74) is 3.49. The monoisotopic (exact) mass is 638 g/mol. The molecule has 1 aromatic heterocycles. The summed E-state index contributed by atoms with van der Waals surface area (Å²) < 4.78 is 61.2. The van der Waals surface area contributed by atoms with Crippen molar-refractivity contribution in [3.8, 4) is 17.0 Å². The predicted octanol–water partition coefficient (Wildman–Crippen LogP) is 7.60. The molecule has 0 N–H and O–H groups in total. The molecule has 1 aliphatic heterocycles. The molecule has 8 nitrogen and oxygen atoms in total. The molecule has 0 saturated heterocycles. The lowest BCUT2D eigenvalue weighted by molar-refractivity contribution is -0.274. The van der Waals surface area contributed by atoms with Crippen LogP contribution in [-0.4, -0.2) is 42.7 Å². The average Bonchev–Trinajstić information content (AvgIpc) is 3.74. The maximum absolute atomic E-state index is 14.2. The molecule has 2 aromatic carbocycles. The van der Waals surface area contributed by atoms with Crippen LogP contribution in [0.4, 0.5) is 18.9 Å². The van der Waals surface area contributed by atoms with E-state index in [1.165, 1.54) is 12.1 Å². The van der Waals surface area contributed by atoms with Crippen LogP contribution >= 0.6 is 0 Å². The minimum absolute atomic E-state index is 0.0953. The van der Waals surface area contributed by atoms with Crippen molar-refractivity contribution < 1.29 is 41.5 Å². The maximum atomic E-state index is 14.2. The zero-order valence-corrected chi connectivity index (χ0v) is 25.7. The topological polar surface area (TPSA) is 91.1 Å². The minimum atomic E-state index is -4.84. The van der Waals surface area contributed by atoms with Gasteiger partial charge in [-0.3, -0.25) is 4.79 Å². The van der Waals surface area contributed by atoms with Gasteiger partial charge >= 0.3 is 12.3 Å². The van der Waals surface area contributed by atoms with Gasteiger partial charge < -0.3 is 23.6 Å². The standard InChI is InChI=1S/C35H37F3N2O6/c1-2-43-34(42)24-14-9-20-6-5-15-40(28(20)18-24)33(41)30-22-12-13-23(30)17-25(16-22)44-19-27-31(39-46-32(27)21-10-11-21)26-7-3-4-8-29(26)45-35(36,37)38/h3-4,7-9,14,18,21-23,25,30H,2,5-6,10-13,15-17,19H2,1H3. The molecule has 3 fully saturated rings. The number of fused-ring (bicyclic) bond motifs is 3. The number of halogens is 3. The van der Waals surface area contributed by atoms with Gasteiger partial charge in [0.1, 0.15) is 17.2 Å². The molecule has 3 saturated carbocycles. The summed E-state index contributed by atoms with van der Waals surface area (Å²) in [4.78, 5) is 28.5. The number of amides is 1. The molecule has 0 spiro atoms. The number of esters is 1. The van der Waals surface area contributed by atoms with Gasteiger partial charge in [0, 0.05) is 35.2 Å². The number of alkyl halides is 3. The first-order valence-corrected chi connectivity index (χ1v) is 16.3. The Bertz CT molecular complexity index is 1600. The Balaban J connectivity index is 1.07. The summed E-state index contributed by atoms with van der Waals surface area (Å²) in [7, 11) is 0. The summed E-state index contributed by atoms with van der Waals surface area (Å²) in [6, 6.07) is 11.4. The molecule has 3 aliphatic carbocycles. The lowest BCUT2D eigenvalue weighted by atomic mass is 9.76. The van der Waals surface area contributed by atoms with Gasteiger partial charge in [0.2, 0.25) is 5.91 Å². The van der Waals surface area contributed by atoms with E-state index in [1.54, 1.807) is 31.2 Å². The number of para-hydroxylation sites is 1. The molecule has 2 heterocycles. The fourth-order valence-electron chi connectivity index (χ4n) is 7.75. The molecule has 11 heteroatoms. The number of hydrogen-bond donors (Lipinski definition) is 0. The van der Waals surface area contributed by atoms with Crippen LogP contribution < -0.4 is 9.64 Å². The van der Waals surface area contributed by atoms with Crippen LogP contribution in [0.15, 0.2) is 47.0 Å². The second kappa shape index (κ2) is 12.4. The Morgan fingerprint density at radius 1 is 1.04 bits per heavy atom. The Labute approximate surface area is 265 Å². The fourth-order valence-corrected chi connectivity index (χ4v) is 7.75. The van der Waals surface area contributed by atoms with Gasteiger partial charge in [0.25, 0.3) is 0 Å². The molecule has 244 valence electrons. The van der Waals surface area contributed by atoms with E-state index in [2.05, 4.69) is 9.89 Å². The van der Waals surface area contributed by atoms with Crippen molar-refractivity contribution in [3.05, 3.63) is 64.9 Å². The van der Waals surface area contributed by atoms with Gasteiger partial charge in [0.05, 0.1) is 24.9 Å². The summed E-state index contributed by atoms with van der Waals surface area (Å²) in [6.45, 7) is 2.83. The smallest absolute Gasteiger partial charge is 0.462 e. The Kier molecular flexibility index (Phi) is 8.29. The van der Waals surface area contributed by atoms with Crippen molar-refractivity contribution in [1.29, 1.82) is 0 Å². The highest BCUT2D eigenvalue weighted by molar-refractivity contribution is 5.99. The predicted molar refractivity (Wildman–Crippen MR) is 161 cm³/mol. The normalized spacial score (nSPS) is 24.0. The zero-order valence-electron chi connectivity index (χ0n) is 25.7. The summed E-state index contributed by atoms with van der Waals surface area (Å²) >= 11 is 0. The number of aromatic nitrogens is 1. The first kappa shape index (κ1) is 30.8. The molecule has 1 amide bonds. The van der Waals surface area contributed by atoms with Crippen LogP contribution in [0.5, 0.6) is 5.75 Å². The fraction of sp³-hybridized carbons (Fsp3) is 0.514. The van der Waals surface area contributed by atoms with Crippen LogP contribution in [0.1, 0.15) is 85.0 Å². The second-order valence-electron chi connectivity index (χ2n) is 12.9. The number of nitrogens with zero attached hydrogens (tertiary/aromatic N) is 2. The van der Waals surface area contributed by atoms with E-state index >= 15 is 0 Å². The number of hydrogen-bond acceptors (Lipinski definition) is 7. The third-order valence-electron chi connectivity index (χ3n) is 9.92. The number of aryl methyl sites for hydroxylation is 1. The van der Waals surface area contributed by atoms with Gasteiger partial charge in [0.15, 0.2) is 0 Å². The molecule has 46 heavy (non-hydrogen) atoms. The molecule has 0 radical (unpaired) electrons. The molecule has 4 aliphatic rings. The van der Waals surface area contributed by atoms with Crippen molar-refractivity contribution in [2.75, 3.05) is 18.1 Å². The first-order chi connectivity index (χ1) is 22.2. The van der Waals surface area contributed by atoms with Crippen molar-refractivity contribution >= 4 is 17.6 Å². The maximum Gasteiger partial charge on any atom is 0.573 e. The number of ether oxygens (including phenoxy) is 3. The highest BCUT2D eigenvalue weighted by Gasteiger charge is 2.48. The second-order valence-corrected chi connectivity index (χ2v) is 12.9. The van der Waals surface area contributed by atoms with Gasteiger partial charge in [-0.25, -0.2) is 4.79 Å². The molecular formula is C35H37F3N2O6. The van der Waals surface area contributed by atoms with E-state index in [4.69, 9.17) is 14.0 Å². The van der Waals surface area contributed by atoms with Gasteiger partial charge in [-0.15, -0.1) is 13.2 Å². The number of rotatable bonds is 9. The molecular weight excluding hydrogens is 601 g/mol. The van der Waals surface area contributed by atoms with E-state index in [9.17, 15) is 22.8 Å². The van der Waals surface area contributed by atoms with Crippen LogP contribution in [0, 0.1) is 17.8 Å². The van der Waals surface area contributed by atoms with Crippen LogP contribution in [0.3, 0.4) is 0 Å². The van der Waals surface area contributed by atoms with E-state index < -0.39 is 12.3 Å². The summed E-state index contributed by atoms with van der Waals surface area (Å²) in [5, 5.41) is 4.20. The third-order valence-corrected chi connectivity index (χ3v) is 9.92. The molecule has 3 aromatic rings. The first-order valence-electron chi connectivity index (χ1n) is 16.3. The lowest BCUT2D eigenvalue weighted by Gasteiger charge is -2.39. The lowest BCUT2D eigenvalue weighted by Crippen LogP contribution is -2.45. The number of benzene rings is 2. The van der Waals surface area contributed by atoms with Crippen LogP contribution in [-0.2, 0) is 27.3 Å². The van der Waals surface area contributed by atoms with Crippen molar-refractivity contribution in [1.82, 2.24) is 5.16 Å². The Morgan fingerprint density at radius 3 is 2.52 bits per heavy atom. The highest BCUT2D eigenvalue weighted by atomic mass is 19.4. The van der Waals surface area contributed by atoms with Gasteiger partial charge in [-0.05, 0) is 100.0 Å². The van der Waals surface area contributed by atoms with E-state index in [-0.39, 0.29) is 60.2 Å². The van der Waals surface area contributed by atoms with E-state index in [1.807, 2.05) is 11.0 Å². The van der Waals surface area contributed by atoms with Crippen molar-refractivity contribution in [3.63, 3.8) is 0 Å². The molecule has 2 bridgehead atoms. The number of carbonyl (C=O) groups excluding carboxylic acids is 2. The Morgan fingerprint density at radius 2 is 1.80 bits per heavy atom. The largest absolute Gasteiger partial charge is 0.573 e. The van der Waals surface area contributed by atoms with Gasteiger partial charge in [-0.1, -0.05) is 23.4 Å². The highest BCUT2D eigenvalue weighted by Crippen LogP contribution is 2.50. The SMILES string of the molecule is CCOC(=O)c1ccc2c(c1)N(C(=O)C1C3CCC1CC(OCc1c(-c4ccccc4OC(F)(F)F)noc1C1CC1)C3)CCC2. The molecule has 2 unspecified atom stereocenters. The van der Waals surface area contributed by atoms with Crippen LogP contribution in [0.2, 0.25) is 0 Å². The summed E-state index contributed by atoms with van der Waals surface area (Å²) in [6.07, 6.45) is 1.99. The minimum Gasteiger partial charge on any atom is -0.462 e. The number of carbonyl (C=O) groups is 2. The average molecular weight is 639 g/mol. The summed E-state index contributed by atoms with van der Waals surface area (Å²) in [5.74, 6) is 0.451. The van der Waals surface area contributed by atoms with E-state index in [0.29, 0.717) is 29.1 Å². The van der Waals surface area contributed by atoms with E-state index in [0.717, 1.165) is 62.6 Å². The van der Waals surface area contributed by atoms with Crippen molar-refractivity contribution in [2.45, 2.75) is 83.3 Å². The zero-order chi connectivity index (χ0) is 32.0. The van der Waals surface area contributed by atoms with Gasteiger partial charge in [-0.2, -0.15) is 0 Å². The van der Waals surface area contributed by atoms with Crippen molar-refractivity contribution in [2.24, 2.45) is 17.8 Å². The molecule has 2 atom stereocenters. The quantitative estimate of drug-likeness (QED) is 0.223. The third kappa shape index (κ3) is 6.13. The van der Waals surface area contributed by atoms with Crippen LogP contribution in [0.25, 0.3) is 11.3 Å². The molecule has 7 rings (SSSR count). The Hall–Kier alpha value is -3.86.